The molecule has 12 N–H and O–H groups in total. The Labute approximate surface area is 276 Å². The number of aromatic nitrogens is 1. The third kappa shape index (κ3) is 11.2. The number of amides is 5. The average Bonchev–Trinajstić information content (AvgIpc) is 3.43. The van der Waals surface area contributed by atoms with Crippen molar-refractivity contribution in [1.29, 1.82) is 0 Å². The summed E-state index contributed by atoms with van der Waals surface area (Å²) in [5.74, 6) is -3.44. The fourth-order valence-electron chi connectivity index (χ4n) is 4.85. The number of guanidine groups is 1. The minimum absolute atomic E-state index is 0.0296. The number of carbonyl (C=O) groups is 5. The van der Waals surface area contributed by atoms with E-state index in [1.807, 2.05) is 24.3 Å². The van der Waals surface area contributed by atoms with E-state index in [1.165, 1.54) is 19.1 Å². The normalized spacial score (nSPS) is 13.4. The molecule has 0 fully saturated rings. The number of thiol groups is 1. The minimum Gasteiger partial charge on any atom is -0.508 e. The summed E-state index contributed by atoms with van der Waals surface area (Å²) in [7, 11) is 0. The zero-order valence-electron chi connectivity index (χ0n) is 25.9. The highest BCUT2D eigenvalue weighted by atomic mass is 32.1. The number of benzene rings is 2. The Hall–Kier alpha value is -5.25. The lowest BCUT2D eigenvalue weighted by atomic mass is 10.0. The molecule has 3 rings (SSSR count). The topological polar surface area (TPSA) is 260 Å². The van der Waals surface area contributed by atoms with E-state index < -0.39 is 53.7 Å². The van der Waals surface area contributed by atoms with Crippen LogP contribution in [0.15, 0.2) is 59.7 Å². The van der Waals surface area contributed by atoms with E-state index in [0.717, 1.165) is 16.5 Å². The number of fused-ring (bicyclic) bond motifs is 1. The van der Waals surface area contributed by atoms with Crippen LogP contribution in [-0.4, -0.2) is 82.1 Å². The molecule has 0 spiro atoms. The number of aliphatic imine (C=N–C) groups is 1. The van der Waals surface area contributed by atoms with Gasteiger partial charge in [0.2, 0.25) is 29.5 Å². The number of aromatic hydroxyl groups is 1. The van der Waals surface area contributed by atoms with Gasteiger partial charge in [-0.15, -0.1) is 0 Å². The molecule has 16 heteroatoms. The van der Waals surface area contributed by atoms with Gasteiger partial charge in [0, 0.05) is 49.2 Å². The van der Waals surface area contributed by atoms with Gasteiger partial charge in [0.25, 0.3) is 0 Å². The molecule has 0 saturated heterocycles. The molecule has 0 aliphatic heterocycles. The molecule has 1 aromatic heterocycles. The highest BCUT2D eigenvalue weighted by molar-refractivity contribution is 7.80. The molecule has 4 unspecified atom stereocenters. The molecule has 0 bridgehead atoms. The van der Waals surface area contributed by atoms with E-state index in [1.54, 1.807) is 18.3 Å². The van der Waals surface area contributed by atoms with Crippen LogP contribution in [-0.2, 0) is 36.8 Å². The first-order valence-electron chi connectivity index (χ1n) is 14.8. The van der Waals surface area contributed by atoms with Crippen molar-refractivity contribution in [2.24, 2.45) is 22.2 Å². The number of nitrogens with zero attached hydrogens (tertiary/aromatic N) is 1. The molecule has 47 heavy (non-hydrogen) atoms. The summed E-state index contributed by atoms with van der Waals surface area (Å²) in [6.45, 7) is 1.41. The van der Waals surface area contributed by atoms with Gasteiger partial charge < -0.3 is 48.6 Å². The molecule has 0 saturated carbocycles. The van der Waals surface area contributed by atoms with E-state index in [4.69, 9.17) is 17.2 Å². The standard InChI is InChI=1S/C31H41N9O6S/c1-17(41)37-26(16-47)30(46)40-25(14-19-15-36-22-6-3-2-5-21(19)22)29(45)38-23(7-4-12-35-31(33)34)28(44)39-24(27(32)43)13-18-8-10-20(42)11-9-18/h2-3,5-6,8-11,15,23-26,36,42,47H,4,7,12-14,16H2,1H3,(H2,32,43)(H,37,41)(H,38,45)(H,39,44)(H,40,46)(H4,33,34,35). The number of hydrogen-bond acceptors (Lipinski definition) is 8. The first-order chi connectivity index (χ1) is 22.4. The Balaban J connectivity index is 1.87. The number of phenolic OH excluding ortho intramolecular Hbond substituents is 1. The molecular weight excluding hydrogens is 626 g/mol. The van der Waals surface area contributed by atoms with E-state index >= 15 is 0 Å². The van der Waals surface area contributed by atoms with Crippen LogP contribution in [0.5, 0.6) is 5.75 Å². The fraction of sp³-hybridized carbons (Fsp3) is 0.355. The molecule has 1 heterocycles. The molecule has 252 valence electrons. The molecule has 5 amide bonds. The smallest absolute Gasteiger partial charge is 0.244 e. The third-order valence-corrected chi connectivity index (χ3v) is 7.59. The molecule has 3 aromatic rings. The lowest BCUT2D eigenvalue weighted by Crippen LogP contribution is -2.59. The predicted octanol–water partition coefficient (Wildman–Crippen LogP) is -0.913. The van der Waals surface area contributed by atoms with Crippen molar-refractivity contribution in [2.45, 2.75) is 56.8 Å². The summed E-state index contributed by atoms with van der Waals surface area (Å²) in [5, 5.41) is 20.9. The van der Waals surface area contributed by atoms with Gasteiger partial charge in [-0.2, -0.15) is 12.6 Å². The minimum atomic E-state index is -1.19. The molecule has 0 aliphatic rings. The number of H-pyrrole nitrogens is 1. The summed E-state index contributed by atoms with van der Waals surface area (Å²) in [5.41, 5.74) is 18.6. The van der Waals surface area contributed by atoms with E-state index in [2.05, 4.69) is 43.9 Å². The first kappa shape index (κ1) is 36.2. The number of nitrogens with two attached hydrogens (primary N) is 3. The Morgan fingerprint density at radius 2 is 1.45 bits per heavy atom. The number of primary amides is 1. The Kier molecular flexibility index (Phi) is 13.4. The van der Waals surface area contributed by atoms with Crippen molar-refractivity contribution in [1.82, 2.24) is 26.3 Å². The van der Waals surface area contributed by atoms with Crippen LogP contribution >= 0.6 is 12.6 Å². The average molecular weight is 668 g/mol. The zero-order valence-corrected chi connectivity index (χ0v) is 26.8. The number of aromatic amines is 1. The highest BCUT2D eigenvalue weighted by Crippen LogP contribution is 2.19. The van der Waals surface area contributed by atoms with Crippen LogP contribution in [0.2, 0.25) is 0 Å². The van der Waals surface area contributed by atoms with Crippen LogP contribution in [0.3, 0.4) is 0 Å². The van der Waals surface area contributed by atoms with Crippen molar-refractivity contribution >= 4 is 59.0 Å². The number of para-hydroxylation sites is 1. The van der Waals surface area contributed by atoms with Crippen molar-refractivity contribution in [3.8, 4) is 5.75 Å². The SMILES string of the molecule is CC(=O)NC(CS)C(=O)NC(Cc1c[nH]c2ccccc12)C(=O)NC(CCCN=C(N)N)C(=O)NC(Cc1ccc(O)cc1)C(N)=O. The number of carbonyl (C=O) groups excluding carboxylic acids is 5. The largest absolute Gasteiger partial charge is 0.508 e. The maximum atomic E-state index is 13.9. The molecular formula is C31H41N9O6S. The first-order valence-corrected chi connectivity index (χ1v) is 15.5. The van der Waals surface area contributed by atoms with Crippen LogP contribution in [0.4, 0.5) is 0 Å². The van der Waals surface area contributed by atoms with Crippen LogP contribution in [0.1, 0.15) is 30.9 Å². The van der Waals surface area contributed by atoms with Crippen molar-refractivity contribution in [2.75, 3.05) is 12.3 Å². The van der Waals surface area contributed by atoms with Crippen molar-refractivity contribution in [3.05, 3.63) is 65.9 Å². The fourth-order valence-corrected chi connectivity index (χ4v) is 5.11. The van der Waals surface area contributed by atoms with Gasteiger partial charge in [0.05, 0.1) is 0 Å². The Bertz CT molecular complexity index is 1590. The lowest BCUT2D eigenvalue weighted by molar-refractivity contribution is -0.134. The van der Waals surface area contributed by atoms with Gasteiger partial charge in [-0.05, 0) is 42.2 Å². The monoisotopic (exact) mass is 667 g/mol. The lowest BCUT2D eigenvalue weighted by Gasteiger charge is -2.26. The van der Waals surface area contributed by atoms with E-state index in [9.17, 15) is 29.1 Å². The summed E-state index contributed by atoms with van der Waals surface area (Å²) >= 11 is 4.16. The van der Waals surface area contributed by atoms with E-state index in [-0.39, 0.29) is 49.7 Å². The highest BCUT2D eigenvalue weighted by Gasteiger charge is 2.31. The Morgan fingerprint density at radius 1 is 0.830 bits per heavy atom. The van der Waals surface area contributed by atoms with E-state index in [0.29, 0.717) is 5.56 Å². The molecule has 15 nitrogen and oxygen atoms in total. The van der Waals surface area contributed by atoms with Gasteiger partial charge in [0.15, 0.2) is 5.96 Å². The molecule has 2 aromatic carbocycles. The zero-order chi connectivity index (χ0) is 34.5. The quantitative estimate of drug-likeness (QED) is 0.0372. The van der Waals surface area contributed by atoms with Crippen LogP contribution in [0, 0.1) is 0 Å². The van der Waals surface area contributed by atoms with Gasteiger partial charge in [-0.25, -0.2) is 0 Å². The molecule has 0 aliphatic carbocycles. The summed E-state index contributed by atoms with van der Waals surface area (Å²) in [6, 6.07) is 8.94. The maximum Gasteiger partial charge on any atom is 0.244 e. The predicted molar refractivity (Wildman–Crippen MR) is 180 cm³/mol. The number of hydrogen-bond donors (Lipinski definition) is 10. The second kappa shape index (κ2) is 17.4. The van der Waals surface area contributed by atoms with Crippen molar-refractivity contribution < 1.29 is 29.1 Å². The van der Waals surface area contributed by atoms with Gasteiger partial charge in [-0.3, -0.25) is 29.0 Å². The van der Waals surface area contributed by atoms with Crippen molar-refractivity contribution in [3.63, 3.8) is 0 Å². The number of rotatable bonds is 17. The number of nitrogens with one attached hydrogen (secondary N) is 5. The summed E-state index contributed by atoms with van der Waals surface area (Å²) in [4.78, 5) is 71.7. The summed E-state index contributed by atoms with van der Waals surface area (Å²) in [6.07, 6.45) is 2.13. The van der Waals surface area contributed by atoms with Gasteiger partial charge in [0.1, 0.15) is 29.9 Å². The summed E-state index contributed by atoms with van der Waals surface area (Å²) < 4.78 is 0. The molecule has 0 radical (unpaired) electrons. The Morgan fingerprint density at radius 3 is 2.09 bits per heavy atom. The third-order valence-electron chi connectivity index (χ3n) is 7.22. The second-order valence-electron chi connectivity index (χ2n) is 10.9. The molecule has 4 atom stereocenters. The maximum absolute atomic E-state index is 13.9. The second-order valence-corrected chi connectivity index (χ2v) is 11.3. The van der Waals surface area contributed by atoms with Gasteiger partial charge in [-0.1, -0.05) is 30.3 Å². The van der Waals surface area contributed by atoms with Gasteiger partial charge >= 0.3 is 0 Å². The number of phenols is 1. The van der Waals surface area contributed by atoms with Crippen LogP contribution in [0.25, 0.3) is 10.9 Å². The van der Waals surface area contributed by atoms with Crippen LogP contribution < -0.4 is 38.5 Å².